The van der Waals surface area contributed by atoms with Crippen LogP contribution in [-0.4, -0.2) is 29.5 Å². The van der Waals surface area contributed by atoms with Crippen molar-refractivity contribution in [2.24, 2.45) is 0 Å². The molecule has 0 aliphatic heterocycles. The number of aryl methyl sites for hydroxylation is 1. The predicted molar refractivity (Wildman–Crippen MR) is 90.2 cm³/mol. The number of nitrogens with one attached hydrogen (secondary N) is 2. The minimum absolute atomic E-state index is 0.506. The lowest BCUT2D eigenvalue weighted by Crippen LogP contribution is -2.20. The molecule has 1 saturated carbocycles. The first-order chi connectivity index (χ1) is 11.3. The minimum atomic E-state index is 0.506. The van der Waals surface area contributed by atoms with Crippen molar-refractivity contribution in [3.63, 3.8) is 0 Å². The first-order valence-corrected chi connectivity index (χ1v) is 8.74. The summed E-state index contributed by atoms with van der Waals surface area (Å²) < 4.78 is 11.6. The van der Waals surface area contributed by atoms with Gasteiger partial charge in [-0.25, -0.2) is 0 Å². The van der Waals surface area contributed by atoms with E-state index < -0.39 is 0 Å². The summed E-state index contributed by atoms with van der Waals surface area (Å²) in [7, 11) is 0. The fourth-order valence-electron chi connectivity index (χ4n) is 3.13. The number of H-pyrrole nitrogens is 1. The average Bonchev–Trinajstić information content (AvgIpc) is 3.20. The largest absolute Gasteiger partial charge is 0.460 e. The van der Waals surface area contributed by atoms with Crippen molar-refractivity contribution in [1.82, 2.24) is 15.5 Å². The fraction of sp³-hybridized carbons (Fsp3) is 0.611. The molecule has 0 atom stereocenters. The highest BCUT2D eigenvalue weighted by Gasteiger charge is 2.13. The van der Waals surface area contributed by atoms with Crippen LogP contribution in [0, 0.1) is 6.92 Å². The van der Waals surface area contributed by atoms with Gasteiger partial charge in [-0.2, -0.15) is 5.10 Å². The van der Waals surface area contributed by atoms with Crippen molar-refractivity contribution < 1.29 is 9.15 Å². The third-order valence-electron chi connectivity index (χ3n) is 4.42. The summed E-state index contributed by atoms with van der Waals surface area (Å²) in [5, 5.41) is 10.6. The lowest BCUT2D eigenvalue weighted by Gasteiger charge is -2.21. The van der Waals surface area contributed by atoms with Gasteiger partial charge in [0.05, 0.1) is 12.3 Å². The van der Waals surface area contributed by atoms with Crippen molar-refractivity contribution in [1.29, 1.82) is 0 Å². The summed E-state index contributed by atoms with van der Waals surface area (Å²) in [5.74, 6) is 1.76. The Morgan fingerprint density at radius 2 is 2.17 bits per heavy atom. The molecule has 0 saturated heterocycles. The molecule has 0 radical (unpaired) electrons. The van der Waals surface area contributed by atoms with Gasteiger partial charge in [-0.15, -0.1) is 0 Å². The molecule has 23 heavy (non-hydrogen) atoms. The number of furan rings is 1. The molecule has 0 spiro atoms. The molecule has 126 valence electrons. The van der Waals surface area contributed by atoms with E-state index >= 15 is 0 Å². The standard InChI is InChI=1S/C18H27N3O2/c1-14-8-9-17(23-14)18-15(13-20-21-18)12-19-10-5-11-22-16-6-3-2-4-7-16/h8-9,13,16,19H,2-7,10-12H2,1H3,(H,20,21). The van der Waals surface area contributed by atoms with E-state index in [2.05, 4.69) is 15.5 Å². The molecule has 5 heteroatoms. The van der Waals surface area contributed by atoms with E-state index in [0.717, 1.165) is 48.9 Å². The zero-order valence-electron chi connectivity index (χ0n) is 13.9. The first kappa shape index (κ1) is 16.3. The molecule has 0 unspecified atom stereocenters. The number of rotatable bonds is 8. The Kier molecular flexibility index (Phi) is 5.88. The molecule has 2 N–H and O–H groups in total. The van der Waals surface area contributed by atoms with Crippen molar-refractivity contribution >= 4 is 0 Å². The Morgan fingerprint density at radius 3 is 2.96 bits per heavy atom. The molecule has 2 aromatic rings. The first-order valence-electron chi connectivity index (χ1n) is 8.74. The highest BCUT2D eigenvalue weighted by molar-refractivity contribution is 5.56. The average molecular weight is 317 g/mol. The number of nitrogens with zero attached hydrogens (tertiary/aromatic N) is 1. The van der Waals surface area contributed by atoms with Gasteiger partial charge >= 0.3 is 0 Å². The Labute approximate surface area is 137 Å². The van der Waals surface area contributed by atoms with Gasteiger partial charge in [0.25, 0.3) is 0 Å². The molecule has 0 aromatic carbocycles. The highest BCUT2D eigenvalue weighted by Crippen LogP contribution is 2.23. The third-order valence-corrected chi connectivity index (χ3v) is 4.42. The van der Waals surface area contributed by atoms with Crippen LogP contribution >= 0.6 is 0 Å². The number of ether oxygens (including phenoxy) is 1. The maximum absolute atomic E-state index is 5.94. The van der Waals surface area contributed by atoms with Crippen LogP contribution in [0.3, 0.4) is 0 Å². The zero-order valence-corrected chi connectivity index (χ0v) is 13.9. The van der Waals surface area contributed by atoms with Gasteiger partial charge in [0.15, 0.2) is 5.76 Å². The summed E-state index contributed by atoms with van der Waals surface area (Å²) in [6.45, 7) is 4.54. The molecule has 5 nitrogen and oxygen atoms in total. The number of hydrogen-bond donors (Lipinski definition) is 2. The van der Waals surface area contributed by atoms with Crippen molar-refractivity contribution in [2.45, 2.75) is 58.1 Å². The van der Waals surface area contributed by atoms with Gasteiger partial charge in [0.2, 0.25) is 0 Å². The third kappa shape index (κ3) is 4.69. The molecular weight excluding hydrogens is 290 g/mol. The quantitative estimate of drug-likeness (QED) is 0.727. The minimum Gasteiger partial charge on any atom is -0.460 e. The van der Waals surface area contributed by atoms with Crippen LogP contribution in [0.2, 0.25) is 0 Å². The molecule has 2 aromatic heterocycles. The van der Waals surface area contributed by atoms with Gasteiger partial charge in [-0.1, -0.05) is 19.3 Å². The van der Waals surface area contributed by atoms with Crippen LogP contribution in [0.25, 0.3) is 11.5 Å². The Hall–Kier alpha value is -1.59. The van der Waals surface area contributed by atoms with E-state index in [1.54, 1.807) is 0 Å². The van der Waals surface area contributed by atoms with Crippen molar-refractivity contribution in [2.75, 3.05) is 13.2 Å². The summed E-state index contributed by atoms with van der Waals surface area (Å²) in [6.07, 6.45) is 9.94. The van der Waals surface area contributed by atoms with Gasteiger partial charge in [-0.05, 0) is 44.9 Å². The molecule has 0 bridgehead atoms. The molecule has 1 aliphatic rings. The maximum atomic E-state index is 5.94. The second kappa shape index (κ2) is 8.31. The second-order valence-electron chi connectivity index (χ2n) is 6.34. The topological polar surface area (TPSA) is 63.1 Å². The zero-order chi connectivity index (χ0) is 15.9. The lowest BCUT2D eigenvalue weighted by atomic mass is 9.98. The van der Waals surface area contributed by atoms with E-state index in [1.807, 2.05) is 25.3 Å². The number of hydrogen-bond acceptors (Lipinski definition) is 4. The van der Waals surface area contributed by atoms with E-state index in [4.69, 9.17) is 9.15 Å². The number of aromatic amines is 1. The molecule has 0 amide bonds. The Balaban J connectivity index is 1.35. The van der Waals surface area contributed by atoms with E-state index in [1.165, 1.54) is 32.1 Å². The van der Waals surface area contributed by atoms with E-state index in [9.17, 15) is 0 Å². The summed E-state index contributed by atoms with van der Waals surface area (Å²) in [4.78, 5) is 0. The molecule has 1 aliphatic carbocycles. The SMILES string of the molecule is Cc1ccc(-c2[nH]ncc2CNCCCOC2CCCCC2)o1. The van der Waals surface area contributed by atoms with E-state index in [0.29, 0.717) is 6.10 Å². The lowest BCUT2D eigenvalue weighted by molar-refractivity contribution is 0.0273. The smallest absolute Gasteiger partial charge is 0.152 e. The normalized spacial score (nSPS) is 16.0. The molecule has 1 fully saturated rings. The van der Waals surface area contributed by atoms with Crippen LogP contribution in [0.5, 0.6) is 0 Å². The van der Waals surface area contributed by atoms with Gasteiger partial charge < -0.3 is 14.5 Å². The van der Waals surface area contributed by atoms with Crippen LogP contribution < -0.4 is 5.32 Å². The second-order valence-corrected chi connectivity index (χ2v) is 6.34. The van der Waals surface area contributed by atoms with Crippen LogP contribution in [0.1, 0.15) is 49.8 Å². The Bertz CT molecular complexity index is 585. The van der Waals surface area contributed by atoms with Gasteiger partial charge in [-0.3, -0.25) is 5.10 Å². The molecule has 3 rings (SSSR count). The summed E-state index contributed by atoms with van der Waals surface area (Å²) in [6, 6.07) is 3.94. The van der Waals surface area contributed by atoms with Crippen molar-refractivity contribution in [3.05, 3.63) is 29.7 Å². The maximum Gasteiger partial charge on any atom is 0.152 e. The van der Waals surface area contributed by atoms with Gasteiger partial charge in [0, 0.05) is 18.7 Å². The number of aromatic nitrogens is 2. The van der Waals surface area contributed by atoms with Crippen molar-refractivity contribution in [3.8, 4) is 11.5 Å². The Morgan fingerprint density at radius 1 is 1.30 bits per heavy atom. The van der Waals surface area contributed by atoms with Gasteiger partial charge in [0.1, 0.15) is 11.5 Å². The van der Waals surface area contributed by atoms with Crippen LogP contribution in [-0.2, 0) is 11.3 Å². The predicted octanol–water partition coefficient (Wildman–Crippen LogP) is 3.81. The summed E-state index contributed by atoms with van der Waals surface area (Å²) in [5.41, 5.74) is 2.09. The molecule has 2 heterocycles. The molecular formula is C18H27N3O2. The summed E-state index contributed by atoms with van der Waals surface area (Å²) >= 11 is 0. The van der Waals surface area contributed by atoms with Crippen LogP contribution in [0.15, 0.2) is 22.7 Å². The van der Waals surface area contributed by atoms with E-state index in [-0.39, 0.29) is 0 Å². The highest BCUT2D eigenvalue weighted by atomic mass is 16.5. The monoisotopic (exact) mass is 317 g/mol. The van der Waals surface area contributed by atoms with Crippen LogP contribution in [0.4, 0.5) is 0 Å². The fourth-order valence-corrected chi connectivity index (χ4v) is 3.13.